The number of ether oxygens (including phenoxy) is 1. The van der Waals surface area contributed by atoms with Gasteiger partial charge in [0.1, 0.15) is 5.75 Å². The number of hydrogen-bond donors (Lipinski definition) is 1. The highest BCUT2D eigenvalue weighted by Crippen LogP contribution is 2.31. The van der Waals surface area contributed by atoms with Crippen LogP contribution in [0.3, 0.4) is 0 Å². The van der Waals surface area contributed by atoms with E-state index in [2.05, 4.69) is 30.0 Å². The predicted molar refractivity (Wildman–Crippen MR) is 88.7 cm³/mol. The van der Waals surface area contributed by atoms with E-state index < -0.39 is 0 Å². The maximum atomic E-state index is 6.14. The highest BCUT2D eigenvalue weighted by atomic mass is 16.5. The summed E-state index contributed by atoms with van der Waals surface area (Å²) >= 11 is 0. The van der Waals surface area contributed by atoms with E-state index in [1.54, 1.807) is 0 Å². The number of benzene rings is 1. The molecule has 1 fully saturated rings. The first-order valence-corrected chi connectivity index (χ1v) is 8.48. The maximum absolute atomic E-state index is 6.14. The van der Waals surface area contributed by atoms with Crippen LogP contribution >= 0.6 is 0 Å². The largest absolute Gasteiger partial charge is 0.494 e. The van der Waals surface area contributed by atoms with E-state index in [-0.39, 0.29) is 0 Å². The molecule has 3 nitrogen and oxygen atoms in total. The molecule has 0 saturated carbocycles. The zero-order valence-corrected chi connectivity index (χ0v) is 13.6. The summed E-state index contributed by atoms with van der Waals surface area (Å²) in [6, 6.07) is 9.48. The van der Waals surface area contributed by atoms with E-state index in [9.17, 15) is 0 Å². The third-order valence-electron chi connectivity index (χ3n) is 4.47. The third kappa shape index (κ3) is 4.21. The topological polar surface area (TPSA) is 38.5 Å². The van der Waals surface area contributed by atoms with Crippen LogP contribution in [-0.2, 0) is 0 Å². The van der Waals surface area contributed by atoms with E-state index in [0.717, 1.165) is 5.75 Å². The van der Waals surface area contributed by atoms with Crippen LogP contribution in [0.25, 0.3) is 0 Å². The molecule has 1 heterocycles. The van der Waals surface area contributed by atoms with Gasteiger partial charge in [0.2, 0.25) is 0 Å². The number of rotatable bonds is 7. The molecular formula is C18H30N2O. The molecular weight excluding hydrogens is 260 g/mol. The van der Waals surface area contributed by atoms with Crippen molar-refractivity contribution in [1.29, 1.82) is 0 Å². The minimum atomic E-state index is 0.322. The number of nitrogens with two attached hydrogens (primary N) is 1. The van der Waals surface area contributed by atoms with Gasteiger partial charge in [0.15, 0.2) is 0 Å². The van der Waals surface area contributed by atoms with Crippen LogP contribution in [0.2, 0.25) is 0 Å². The van der Waals surface area contributed by atoms with Crippen LogP contribution in [0.15, 0.2) is 24.3 Å². The van der Waals surface area contributed by atoms with Crippen LogP contribution in [0.4, 0.5) is 0 Å². The molecule has 2 rings (SSSR count). The minimum absolute atomic E-state index is 0.322. The number of hydrogen-bond acceptors (Lipinski definition) is 3. The Morgan fingerprint density at radius 3 is 2.90 bits per heavy atom. The van der Waals surface area contributed by atoms with Gasteiger partial charge in [-0.05, 0) is 50.4 Å². The van der Waals surface area contributed by atoms with Crippen LogP contribution < -0.4 is 10.5 Å². The van der Waals surface area contributed by atoms with Crippen LogP contribution in [0, 0.1) is 0 Å². The molecule has 2 unspecified atom stereocenters. The molecule has 3 heteroatoms. The first-order valence-electron chi connectivity index (χ1n) is 8.48. The molecule has 1 saturated heterocycles. The Labute approximate surface area is 129 Å². The fourth-order valence-electron chi connectivity index (χ4n) is 3.52. The standard InChI is InChI=1S/C18H30N2O/c1-3-8-16-10-5-6-12-20(16)18(14-19)15-9-7-11-17(13-15)21-4-2/h7,9,11,13,16,18H,3-6,8,10,12,14,19H2,1-2H3. The van der Waals surface area contributed by atoms with Crippen molar-refractivity contribution in [2.45, 2.75) is 58.0 Å². The third-order valence-corrected chi connectivity index (χ3v) is 4.47. The van der Waals surface area contributed by atoms with Crippen LogP contribution in [-0.4, -0.2) is 30.6 Å². The molecule has 0 radical (unpaired) electrons. The van der Waals surface area contributed by atoms with Crippen molar-refractivity contribution >= 4 is 0 Å². The molecule has 2 atom stereocenters. The molecule has 1 aliphatic rings. The second-order valence-electron chi connectivity index (χ2n) is 5.93. The summed E-state index contributed by atoms with van der Waals surface area (Å²) in [5.41, 5.74) is 7.43. The van der Waals surface area contributed by atoms with Gasteiger partial charge in [0, 0.05) is 18.6 Å². The minimum Gasteiger partial charge on any atom is -0.494 e. The van der Waals surface area contributed by atoms with E-state index in [1.165, 1.54) is 44.2 Å². The molecule has 1 aromatic carbocycles. The average Bonchev–Trinajstić information content (AvgIpc) is 2.51. The summed E-state index contributed by atoms with van der Waals surface area (Å²) in [5, 5.41) is 0. The van der Waals surface area contributed by atoms with Crippen molar-refractivity contribution in [2.75, 3.05) is 19.7 Å². The number of piperidine rings is 1. The monoisotopic (exact) mass is 290 g/mol. The average molecular weight is 290 g/mol. The zero-order valence-electron chi connectivity index (χ0n) is 13.6. The highest BCUT2D eigenvalue weighted by molar-refractivity contribution is 5.31. The smallest absolute Gasteiger partial charge is 0.119 e. The lowest BCUT2D eigenvalue weighted by Crippen LogP contribution is -2.44. The van der Waals surface area contributed by atoms with Gasteiger partial charge in [-0.2, -0.15) is 0 Å². The molecule has 0 spiro atoms. The Kier molecular flexibility index (Phi) is 6.52. The second-order valence-corrected chi connectivity index (χ2v) is 5.93. The number of nitrogens with zero attached hydrogens (tertiary/aromatic N) is 1. The first-order chi connectivity index (χ1) is 10.3. The number of likely N-dealkylation sites (tertiary alicyclic amines) is 1. The predicted octanol–water partition coefficient (Wildman–Crippen LogP) is 3.74. The van der Waals surface area contributed by atoms with Gasteiger partial charge < -0.3 is 10.5 Å². The normalized spacial score (nSPS) is 21.2. The Balaban J connectivity index is 2.18. The fourth-order valence-corrected chi connectivity index (χ4v) is 3.52. The molecule has 0 aliphatic carbocycles. The van der Waals surface area contributed by atoms with Crippen molar-refractivity contribution in [3.05, 3.63) is 29.8 Å². The first kappa shape index (κ1) is 16.3. The van der Waals surface area contributed by atoms with Gasteiger partial charge in [0.25, 0.3) is 0 Å². The maximum Gasteiger partial charge on any atom is 0.119 e. The van der Waals surface area contributed by atoms with E-state index in [1.807, 2.05) is 13.0 Å². The van der Waals surface area contributed by atoms with Gasteiger partial charge >= 0.3 is 0 Å². The van der Waals surface area contributed by atoms with Gasteiger partial charge in [-0.15, -0.1) is 0 Å². The Bertz CT molecular complexity index is 419. The summed E-state index contributed by atoms with van der Waals surface area (Å²) in [7, 11) is 0. The van der Waals surface area contributed by atoms with Crippen molar-refractivity contribution in [3.63, 3.8) is 0 Å². The van der Waals surface area contributed by atoms with E-state index >= 15 is 0 Å². The fraction of sp³-hybridized carbons (Fsp3) is 0.667. The molecule has 0 amide bonds. The Hall–Kier alpha value is -1.06. The van der Waals surface area contributed by atoms with Crippen molar-refractivity contribution in [3.8, 4) is 5.75 Å². The Morgan fingerprint density at radius 1 is 1.33 bits per heavy atom. The van der Waals surface area contributed by atoms with Gasteiger partial charge in [-0.3, -0.25) is 4.90 Å². The molecule has 21 heavy (non-hydrogen) atoms. The summed E-state index contributed by atoms with van der Waals surface area (Å²) in [6.07, 6.45) is 6.49. The summed E-state index contributed by atoms with van der Waals surface area (Å²) in [4.78, 5) is 2.64. The lowest BCUT2D eigenvalue weighted by atomic mass is 9.93. The Morgan fingerprint density at radius 2 is 2.19 bits per heavy atom. The lowest BCUT2D eigenvalue weighted by molar-refractivity contribution is 0.0911. The molecule has 1 aromatic rings. The van der Waals surface area contributed by atoms with Gasteiger partial charge in [-0.25, -0.2) is 0 Å². The van der Waals surface area contributed by atoms with Crippen LogP contribution in [0.1, 0.15) is 57.6 Å². The van der Waals surface area contributed by atoms with Crippen molar-refractivity contribution in [1.82, 2.24) is 4.90 Å². The van der Waals surface area contributed by atoms with Gasteiger partial charge in [-0.1, -0.05) is 31.9 Å². The molecule has 2 N–H and O–H groups in total. The summed E-state index contributed by atoms with van der Waals surface area (Å²) in [6.45, 7) is 6.86. The van der Waals surface area contributed by atoms with E-state index in [0.29, 0.717) is 25.2 Å². The zero-order chi connectivity index (χ0) is 15.1. The highest BCUT2D eigenvalue weighted by Gasteiger charge is 2.28. The lowest BCUT2D eigenvalue weighted by Gasteiger charge is -2.41. The molecule has 1 aliphatic heterocycles. The van der Waals surface area contributed by atoms with Crippen LogP contribution in [0.5, 0.6) is 5.75 Å². The van der Waals surface area contributed by atoms with Gasteiger partial charge in [0.05, 0.1) is 6.61 Å². The molecule has 0 aromatic heterocycles. The molecule has 0 bridgehead atoms. The van der Waals surface area contributed by atoms with E-state index in [4.69, 9.17) is 10.5 Å². The summed E-state index contributed by atoms with van der Waals surface area (Å²) in [5.74, 6) is 0.956. The quantitative estimate of drug-likeness (QED) is 0.831. The summed E-state index contributed by atoms with van der Waals surface area (Å²) < 4.78 is 5.64. The SMILES string of the molecule is CCCC1CCCCN1C(CN)c1cccc(OCC)c1. The van der Waals surface area contributed by atoms with Crippen molar-refractivity contribution in [2.24, 2.45) is 5.73 Å². The van der Waals surface area contributed by atoms with Crippen molar-refractivity contribution < 1.29 is 4.74 Å². The molecule has 118 valence electrons. The second kappa shape index (κ2) is 8.40.